The maximum absolute atomic E-state index is 12.5. The van der Waals surface area contributed by atoms with E-state index >= 15 is 0 Å². The summed E-state index contributed by atoms with van der Waals surface area (Å²) in [7, 11) is 2.21. The molecule has 1 saturated carbocycles. The molecular formula is C32H41N7O2. The highest BCUT2D eigenvalue weighted by Crippen LogP contribution is 2.34. The zero-order valence-electron chi connectivity index (χ0n) is 24.0. The number of hydrogen-bond acceptors (Lipinski definition) is 8. The maximum atomic E-state index is 12.5. The number of carbonyl (C=O) groups excluding carboxylic acids is 1. The summed E-state index contributed by atoms with van der Waals surface area (Å²) in [5.74, 6) is 0.103. The van der Waals surface area contributed by atoms with Gasteiger partial charge in [-0.15, -0.1) is 0 Å². The molecule has 216 valence electrons. The van der Waals surface area contributed by atoms with Crippen LogP contribution in [0.15, 0.2) is 54.6 Å². The molecule has 3 heterocycles. The van der Waals surface area contributed by atoms with Crippen LogP contribution in [0.4, 0.5) is 17.2 Å². The number of likely N-dealkylation sites (N-methyl/N-ethyl adjacent to an activating group) is 1. The van der Waals surface area contributed by atoms with Crippen LogP contribution in [0.2, 0.25) is 0 Å². The van der Waals surface area contributed by atoms with Crippen molar-refractivity contribution in [3.05, 3.63) is 60.3 Å². The summed E-state index contributed by atoms with van der Waals surface area (Å²) in [5, 5.41) is 3.30. The second kappa shape index (κ2) is 12.4. The molecule has 1 amide bonds. The first kappa shape index (κ1) is 27.5. The molecule has 3 aliphatic rings. The lowest BCUT2D eigenvalue weighted by molar-refractivity contribution is 0.0982. The van der Waals surface area contributed by atoms with Crippen molar-refractivity contribution >= 4 is 23.1 Å². The molecule has 1 aliphatic carbocycles. The van der Waals surface area contributed by atoms with Crippen molar-refractivity contribution in [3.8, 4) is 17.1 Å². The second-order valence-corrected chi connectivity index (χ2v) is 11.6. The van der Waals surface area contributed by atoms with Gasteiger partial charge < -0.3 is 25.6 Å². The van der Waals surface area contributed by atoms with Gasteiger partial charge in [0.2, 0.25) is 5.88 Å². The molecule has 0 spiro atoms. The Balaban J connectivity index is 1.18. The molecular weight excluding hydrogens is 514 g/mol. The van der Waals surface area contributed by atoms with Crippen LogP contribution in [0.3, 0.4) is 0 Å². The van der Waals surface area contributed by atoms with Crippen molar-refractivity contribution in [3.63, 3.8) is 0 Å². The topological polar surface area (TPSA) is 99.8 Å². The van der Waals surface area contributed by atoms with Gasteiger partial charge in [-0.25, -0.2) is 4.98 Å². The van der Waals surface area contributed by atoms with E-state index in [2.05, 4.69) is 44.2 Å². The van der Waals surface area contributed by atoms with Gasteiger partial charge in [-0.3, -0.25) is 9.69 Å². The summed E-state index contributed by atoms with van der Waals surface area (Å²) < 4.78 is 6.35. The highest BCUT2D eigenvalue weighted by molar-refractivity contribution is 5.97. The second-order valence-electron chi connectivity index (χ2n) is 11.6. The van der Waals surface area contributed by atoms with E-state index in [1.54, 1.807) is 0 Å². The van der Waals surface area contributed by atoms with E-state index in [0.717, 1.165) is 50.0 Å². The number of benzene rings is 2. The Morgan fingerprint density at radius 1 is 0.878 bits per heavy atom. The molecule has 9 nitrogen and oxygen atoms in total. The van der Waals surface area contributed by atoms with E-state index in [-0.39, 0.29) is 11.8 Å². The number of piperidine rings is 1. The fraction of sp³-hybridized carbons (Fsp3) is 0.469. The molecule has 3 fully saturated rings. The van der Waals surface area contributed by atoms with Crippen LogP contribution >= 0.6 is 0 Å². The first-order chi connectivity index (χ1) is 20.0. The van der Waals surface area contributed by atoms with E-state index in [9.17, 15) is 4.79 Å². The lowest BCUT2D eigenvalue weighted by Gasteiger charge is -2.42. The van der Waals surface area contributed by atoms with Gasteiger partial charge in [0.25, 0.3) is 5.91 Å². The van der Waals surface area contributed by atoms with Crippen LogP contribution in [-0.2, 0) is 0 Å². The molecule has 0 bridgehead atoms. The first-order valence-electron chi connectivity index (χ1n) is 15.0. The Hall–Kier alpha value is -3.69. The summed E-state index contributed by atoms with van der Waals surface area (Å²) in [4.78, 5) is 29.5. The molecule has 41 heavy (non-hydrogen) atoms. The zero-order chi connectivity index (χ0) is 28.2. The molecule has 0 radical (unpaired) electrons. The van der Waals surface area contributed by atoms with Crippen LogP contribution in [0.25, 0.3) is 11.3 Å². The standard InChI is InChI=1S/C32H41N7O2/c1-37-19-21-39(22-20-37)26-15-17-38(18-16-26)25-13-11-24(12-14-25)34-31-29(30(33)40)35-28(23-7-3-2-4-8-23)32(36-31)41-27-9-5-6-10-27/h2-4,7-8,11-14,26-27H,5-6,9-10,15-22H2,1H3,(H2,33,40)(H,34,36). The largest absolute Gasteiger partial charge is 0.473 e. The molecule has 2 aromatic carbocycles. The molecule has 2 aliphatic heterocycles. The first-order valence-corrected chi connectivity index (χ1v) is 15.0. The molecule has 3 aromatic rings. The Kier molecular flexibility index (Phi) is 8.34. The summed E-state index contributed by atoms with van der Waals surface area (Å²) in [6.07, 6.45) is 6.75. The van der Waals surface area contributed by atoms with Gasteiger partial charge in [-0.1, -0.05) is 30.3 Å². The van der Waals surface area contributed by atoms with Crippen LogP contribution in [0.5, 0.6) is 5.88 Å². The van der Waals surface area contributed by atoms with Gasteiger partial charge in [-0.05, 0) is 69.8 Å². The third-order valence-electron chi connectivity index (χ3n) is 8.74. The Labute approximate surface area is 242 Å². The number of amides is 1. The number of nitrogens with zero attached hydrogens (tertiary/aromatic N) is 5. The number of ether oxygens (including phenoxy) is 1. The number of primary amides is 1. The Morgan fingerprint density at radius 3 is 2.22 bits per heavy atom. The maximum Gasteiger partial charge on any atom is 0.271 e. The van der Waals surface area contributed by atoms with Crippen molar-refractivity contribution in [1.82, 2.24) is 19.8 Å². The third kappa shape index (κ3) is 6.47. The summed E-state index contributed by atoms with van der Waals surface area (Å²) in [5.41, 5.74) is 9.28. The fourth-order valence-corrected chi connectivity index (χ4v) is 6.28. The van der Waals surface area contributed by atoms with Crippen LogP contribution < -0.4 is 20.7 Å². The molecule has 6 rings (SSSR count). The Bertz CT molecular complexity index is 1310. The van der Waals surface area contributed by atoms with Crippen molar-refractivity contribution in [2.24, 2.45) is 5.73 Å². The monoisotopic (exact) mass is 555 g/mol. The van der Waals surface area contributed by atoms with Gasteiger partial charge in [0, 0.05) is 62.2 Å². The molecule has 0 atom stereocenters. The predicted molar refractivity (Wildman–Crippen MR) is 163 cm³/mol. The average molecular weight is 556 g/mol. The van der Waals surface area contributed by atoms with Crippen molar-refractivity contribution in [1.29, 1.82) is 0 Å². The number of piperazine rings is 1. The van der Waals surface area contributed by atoms with Crippen LogP contribution in [-0.4, -0.2) is 84.1 Å². The number of hydrogen-bond donors (Lipinski definition) is 2. The summed E-state index contributed by atoms with van der Waals surface area (Å²) in [6, 6.07) is 18.7. The van der Waals surface area contributed by atoms with Gasteiger partial charge in [0.05, 0.1) is 0 Å². The van der Waals surface area contributed by atoms with Crippen molar-refractivity contribution in [2.45, 2.75) is 50.7 Å². The normalized spacial score (nSPS) is 19.4. The van der Waals surface area contributed by atoms with E-state index in [1.807, 2.05) is 42.5 Å². The van der Waals surface area contributed by atoms with E-state index in [0.29, 0.717) is 23.4 Å². The number of carbonyl (C=O) groups is 1. The zero-order valence-corrected chi connectivity index (χ0v) is 24.0. The fourth-order valence-electron chi connectivity index (χ4n) is 6.28. The smallest absolute Gasteiger partial charge is 0.271 e. The van der Waals surface area contributed by atoms with E-state index in [1.165, 1.54) is 44.7 Å². The van der Waals surface area contributed by atoms with Gasteiger partial charge in [0.1, 0.15) is 11.8 Å². The van der Waals surface area contributed by atoms with Crippen LogP contribution in [0.1, 0.15) is 49.0 Å². The minimum absolute atomic E-state index is 0.0951. The SMILES string of the molecule is CN1CCN(C2CCN(c3ccc(Nc4nc(OC5CCCC5)c(-c5ccccc5)nc4C(N)=O)cc3)CC2)CC1. The van der Waals surface area contributed by atoms with Gasteiger partial charge >= 0.3 is 0 Å². The minimum Gasteiger partial charge on any atom is -0.473 e. The number of nitrogens with two attached hydrogens (primary N) is 1. The lowest BCUT2D eigenvalue weighted by Crippen LogP contribution is -2.52. The highest BCUT2D eigenvalue weighted by Gasteiger charge is 2.27. The van der Waals surface area contributed by atoms with Crippen LogP contribution in [0, 0.1) is 0 Å². The lowest BCUT2D eigenvalue weighted by atomic mass is 10.0. The molecule has 9 heteroatoms. The van der Waals surface area contributed by atoms with E-state index < -0.39 is 5.91 Å². The highest BCUT2D eigenvalue weighted by atomic mass is 16.5. The molecule has 3 N–H and O–H groups in total. The number of nitrogens with one attached hydrogen (secondary N) is 1. The molecule has 2 saturated heterocycles. The number of anilines is 3. The summed E-state index contributed by atoms with van der Waals surface area (Å²) >= 11 is 0. The molecule has 1 aromatic heterocycles. The Morgan fingerprint density at radius 2 is 1.56 bits per heavy atom. The predicted octanol–water partition coefficient (Wildman–Crippen LogP) is 4.52. The van der Waals surface area contributed by atoms with Crippen molar-refractivity contribution < 1.29 is 9.53 Å². The van der Waals surface area contributed by atoms with Crippen molar-refractivity contribution in [2.75, 3.05) is 56.5 Å². The molecule has 0 unspecified atom stereocenters. The minimum atomic E-state index is -0.635. The number of aromatic nitrogens is 2. The van der Waals surface area contributed by atoms with Gasteiger partial charge in [-0.2, -0.15) is 4.98 Å². The average Bonchev–Trinajstić information content (AvgIpc) is 3.52. The van der Waals surface area contributed by atoms with E-state index in [4.69, 9.17) is 15.5 Å². The third-order valence-corrected chi connectivity index (χ3v) is 8.74. The number of rotatable bonds is 8. The van der Waals surface area contributed by atoms with Gasteiger partial charge in [0.15, 0.2) is 11.5 Å². The quantitative estimate of drug-likeness (QED) is 0.419. The summed E-state index contributed by atoms with van der Waals surface area (Å²) in [6.45, 7) is 6.81.